The van der Waals surface area contributed by atoms with Gasteiger partial charge in [0.05, 0.1) is 16.8 Å². The molecule has 0 aliphatic heterocycles. The molecule has 0 fully saturated rings. The van der Waals surface area contributed by atoms with Crippen LogP contribution in [0.2, 0.25) is 0 Å². The third-order valence-corrected chi connectivity index (χ3v) is 3.17. The van der Waals surface area contributed by atoms with E-state index in [4.69, 9.17) is 17.0 Å². The van der Waals surface area contributed by atoms with Crippen LogP contribution in [-0.2, 0) is 0 Å². The highest BCUT2D eigenvalue weighted by atomic mass is 32.1. The number of aromatic nitrogens is 1. The number of H-pyrrole nitrogens is 1. The van der Waals surface area contributed by atoms with Crippen LogP contribution in [0.5, 0.6) is 5.75 Å². The molecule has 0 radical (unpaired) electrons. The summed E-state index contributed by atoms with van der Waals surface area (Å²) >= 11 is 6.66. The number of nitrogens with one attached hydrogen (secondary N) is 1. The fraction of sp³-hybridized carbons (Fsp3) is 0.364. The number of aromatic amines is 1. The van der Waals surface area contributed by atoms with Crippen molar-refractivity contribution in [1.29, 1.82) is 0 Å². The molecular weight excluding hydrogens is 226 g/mol. The molecule has 0 bridgehead atoms. The van der Waals surface area contributed by atoms with E-state index < -0.39 is 0 Å². The lowest BCUT2D eigenvalue weighted by molar-refractivity contribution is 0.271. The van der Waals surface area contributed by atoms with Crippen molar-refractivity contribution in [2.75, 3.05) is 6.61 Å². The Balaban J connectivity index is 2.26. The summed E-state index contributed by atoms with van der Waals surface area (Å²) < 4.78 is 7.61. The highest BCUT2D eigenvalue weighted by Gasteiger charge is 2.01. The Hall–Kier alpha value is -0.870. The number of hydrogen-bond donors (Lipinski definition) is 1. The van der Waals surface area contributed by atoms with Gasteiger partial charge in [-0.15, -0.1) is 11.3 Å². The minimum absolute atomic E-state index is 0.546. The van der Waals surface area contributed by atoms with E-state index in [0.29, 0.717) is 5.92 Å². The van der Waals surface area contributed by atoms with Crippen LogP contribution in [0.1, 0.15) is 13.8 Å². The largest absolute Gasteiger partial charge is 0.493 e. The second-order valence-electron chi connectivity index (χ2n) is 3.88. The smallest absolute Gasteiger partial charge is 0.159 e. The van der Waals surface area contributed by atoms with E-state index in [1.54, 1.807) is 11.3 Å². The molecule has 0 atom stereocenters. The Kier molecular flexibility index (Phi) is 3.07. The number of benzene rings is 1. The number of thiazole rings is 1. The predicted molar refractivity (Wildman–Crippen MR) is 67.3 cm³/mol. The second kappa shape index (κ2) is 4.33. The van der Waals surface area contributed by atoms with E-state index in [1.165, 1.54) is 0 Å². The third kappa shape index (κ3) is 2.58. The molecule has 1 aromatic heterocycles. The van der Waals surface area contributed by atoms with Gasteiger partial charge in [-0.2, -0.15) is 0 Å². The zero-order valence-corrected chi connectivity index (χ0v) is 10.4. The van der Waals surface area contributed by atoms with Gasteiger partial charge in [0, 0.05) is 0 Å². The van der Waals surface area contributed by atoms with Gasteiger partial charge >= 0.3 is 0 Å². The Morgan fingerprint density at radius 1 is 1.47 bits per heavy atom. The fourth-order valence-corrected chi connectivity index (χ4v) is 2.42. The summed E-state index contributed by atoms with van der Waals surface area (Å²) in [6.45, 7) is 5.03. The average molecular weight is 239 g/mol. The zero-order chi connectivity index (χ0) is 10.8. The van der Waals surface area contributed by atoms with Gasteiger partial charge in [0.15, 0.2) is 3.95 Å². The number of hydrogen-bond acceptors (Lipinski definition) is 3. The number of rotatable bonds is 3. The lowest BCUT2D eigenvalue weighted by Gasteiger charge is -2.07. The summed E-state index contributed by atoms with van der Waals surface area (Å²) in [5.74, 6) is 1.46. The zero-order valence-electron chi connectivity index (χ0n) is 8.74. The normalized spacial score (nSPS) is 11.1. The molecule has 0 saturated carbocycles. The molecule has 2 nitrogen and oxygen atoms in total. The maximum absolute atomic E-state index is 5.64. The van der Waals surface area contributed by atoms with Crippen molar-refractivity contribution in [3.8, 4) is 5.75 Å². The van der Waals surface area contributed by atoms with Crippen molar-refractivity contribution in [2.45, 2.75) is 13.8 Å². The Morgan fingerprint density at radius 2 is 2.27 bits per heavy atom. The molecular formula is C11H13NOS2. The molecule has 0 spiro atoms. The molecule has 80 valence electrons. The van der Waals surface area contributed by atoms with Gasteiger partial charge in [0.1, 0.15) is 5.75 Å². The standard InChI is InChI=1S/C11H13NOS2/c1-7(2)6-13-8-3-4-9-10(5-8)15-11(14)12-9/h3-5,7H,6H2,1-2H3,(H,12,14). The second-order valence-corrected chi connectivity index (χ2v) is 5.60. The molecule has 0 unspecified atom stereocenters. The predicted octanol–water partition coefficient (Wildman–Crippen LogP) is 3.99. The van der Waals surface area contributed by atoms with Crippen molar-refractivity contribution in [3.63, 3.8) is 0 Å². The highest BCUT2D eigenvalue weighted by Crippen LogP contribution is 2.24. The molecule has 4 heteroatoms. The van der Waals surface area contributed by atoms with E-state index in [0.717, 1.165) is 26.5 Å². The topological polar surface area (TPSA) is 25.0 Å². The first kappa shape index (κ1) is 10.6. The SMILES string of the molecule is CC(C)COc1ccc2[nH]c(=S)sc2c1. The highest BCUT2D eigenvalue weighted by molar-refractivity contribution is 7.73. The molecule has 2 rings (SSSR count). The van der Waals surface area contributed by atoms with E-state index in [9.17, 15) is 0 Å². The first-order chi connectivity index (χ1) is 7.15. The molecule has 1 N–H and O–H groups in total. The Labute approximate surface area is 97.9 Å². The van der Waals surface area contributed by atoms with Gasteiger partial charge in [-0.3, -0.25) is 0 Å². The Bertz CT molecular complexity index is 513. The van der Waals surface area contributed by atoms with Crippen LogP contribution >= 0.6 is 23.6 Å². The van der Waals surface area contributed by atoms with Crippen molar-refractivity contribution in [3.05, 3.63) is 22.2 Å². The molecule has 0 amide bonds. The minimum atomic E-state index is 0.546. The van der Waals surface area contributed by atoms with E-state index in [2.05, 4.69) is 18.8 Å². The van der Waals surface area contributed by atoms with Crippen LogP contribution in [0.15, 0.2) is 18.2 Å². The molecule has 0 saturated heterocycles. The van der Waals surface area contributed by atoms with E-state index in [-0.39, 0.29) is 0 Å². The lowest BCUT2D eigenvalue weighted by atomic mass is 10.2. The molecule has 2 aromatic rings. The van der Waals surface area contributed by atoms with Gasteiger partial charge in [0.25, 0.3) is 0 Å². The van der Waals surface area contributed by atoms with Gasteiger partial charge in [-0.1, -0.05) is 13.8 Å². The monoisotopic (exact) mass is 239 g/mol. The van der Waals surface area contributed by atoms with Crippen LogP contribution in [-0.4, -0.2) is 11.6 Å². The number of ether oxygens (including phenoxy) is 1. The minimum Gasteiger partial charge on any atom is -0.493 e. The van der Waals surface area contributed by atoms with Crippen molar-refractivity contribution in [1.82, 2.24) is 4.98 Å². The maximum Gasteiger partial charge on any atom is 0.159 e. The lowest BCUT2D eigenvalue weighted by Crippen LogP contribution is -2.04. The van der Waals surface area contributed by atoms with Gasteiger partial charge < -0.3 is 9.72 Å². The van der Waals surface area contributed by atoms with Crippen LogP contribution in [0.4, 0.5) is 0 Å². The summed E-state index contributed by atoms with van der Waals surface area (Å²) in [5.41, 5.74) is 1.09. The number of fused-ring (bicyclic) bond motifs is 1. The van der Waals surface area contributed by atoms with Gasteiger partial charge in [-0.05, 0) is 36.3 Å². The van der Waals surface area contributed by atoms with Crippen molar-refractivity contribution < 1.29 is 4.74 Å². The average Bonchev–Trinajstić information content (AvgIpc) is 2.53. The first-order valence-corrected chi connectivity index (χ1v) is 6.13. The first-order valence-electron chi connectivity index (χ1n) is 4.91. The Morgan fingerprint density at radius 3 is 3.00 bits per heavy atom. The van der Waals surface area contributed by atoms with Crippen LogP contribution in [0.25, 0.3) is 10.2 Å². The van der Waals surface area contributed by atoms with Gasteiger partial charge in [-0.25, -0.2) is 0 Å². The quantitative estimate of drug-likeness (QED) is 0.819. The summed E-state index contributed by atoms with van der Waals surface area (Å²) in [4.78, 5) is 3.13. The van der Waals surface area contributed by atoms with Crippen molar-refractivity contribution in [2.24, 2.45) is 5.92 Å². The van der Waals surface area contributed by atoms with E-state index in [1.807, 2.05) is 18.2 Å². The molecule has 0 aliphatic rings. The molecule has 0 aliphatic carbocycles. The summed E-state index contributed by atoms with van der Waals surface area (Å²) in [6.07, 6.45) is 0. The van der Waals surface area contributed by atoms with Crippen LogP contribution in [0.3, 0.4) is 0 Å². The van der Waals surface area contributed by atoms with Crippen LogP contribution in [0, 0.1) is 9.87 Å². The summed E-state index contributed by atoms with van der Waals surface area (Å²) in [5, 5.41) is 0. The summed E-state index contributed by atoms with van der Waals surface area (Å²) in [6, 6.07) is 6.02. The maximum atomic E-state index is 5.64. The van der Waals surface area contributed by atoms with Gasteiger partial charge in [0.2, 0.25) is 0 Å². The van der Waals surface area contributed by atoms with Crippen molar-refractivity contribution >= 4 is 33.8 Å². The summed E-state index contributed by atoms with van der Waals surface area (Å²) in [7, 11) is 0. The van der Waals surface area contributed by atoms with E-state index >= 15 is 0 Å². The molecule has 15 heavy (non-hydrogen) atoms. The fourth-order valence-electron chi connectivity index (χ4n) is 1.28. The molecule has 1 heterocycles. The van der Waals surface area contributed by atoms with Crippen LogP contribution < -0.4 is 4.74 Å². The third-order valence-electron chi connectivity index (χ3n) is 1.98. The molecule has 1 aromatic carbocycles.